The zero-order chi connectivity index (χ0) is 16.8. The summed E-state index contributed by atoms with van der Waals surface area (Å²) < 4.78 is 5.12. The molecule has 0 heterocycles. The summed E-state index contributed by atoms with van der Waals surface area (Å²) in [4.78, 5) is 23.3. The molecule has 0 fully saturated rings. The number of carbonyl (C=O) groups is 2. The van der Waals surface area contributed by atoms with Gasteiger partial charge < -0.3 is 15.2 Å². The Bertz CT molecular complexity index is 765. The molecule has 0 aromatic heterocycles. The predicted molar refractivity (Wildman–Crippen MR) is 88.8 cm³/mol. The van der Waals surface area contributed by atoms with Crippen molar-refractivity contribution in [2.45, 2.75) is 6.92 Å². The van der Waals surface area contributed by atoms with Crippen LogP contribution in [0.5, 0.6) is 11.5 Å². The van der Waals surface area contributed by atoms with Gasteiger partial charge in [0.05, 0.1) is 12.7 Å². The average Bonchev–Trinajstić information content (AvgIpc) is 2.54. The third kappa shape index (κ3) is 4.44. The normalized spacial score (nSPS) is 10.5. The standard InChI is InChI=1S/C18H17NO4/c1-12(20)19-14-7-9-18(22)16(11-14)17(21)8-6-13-4-3-5-15(10-13)23-2/h3-11,22H,1-2H3,(H,19,20)/b8-6+. The van der Waals surface area contributed by atoms with Gasteiger partial charge in [-0.25, -0.2) is 0 Å². The Morgan fingerprint density at radius 1 is 1.17 bits per heavy atom. The highest BCUT2D eigenvalue weighted by atomic mass is 16.5. The summed E-state index contributed by atoms with van der Waals surface area (Å²) in [6.07, 6.45) is 3.00. The van der Waals surface area contributed by atoms with Crippen molar-refractivity contribution in [3.63, 3.8) is 0 Å². The van der Waals surface area contributed by atoms with Crippen LogP contribution in [0.1, 0.15) is 22.8 Å². The van der Waals surface area contributed by atoms with Crippen LogP contribution in [0.4, 0.5) is 5.69 Å². The average molecular weight is 311 g/mol. The Kier molecular flexibility index (Phi) is 5.15. The molecule has 0 spiro atoms. The number of allylic oxidation sites excluding steroid dienone is 1. The van der Waals surface area contributed by atoms with Crippen LogP contribution >= 0.6 is 0 Å². The van der Waals surface area contributed by atoms with Crippen molar-refractivity contribution in [2.24, 2.45) is 0 Å². The van der Waals surface area contributed by atoms with E-state index in [9.17, 15) is 14.7 Å². The summed E-state index contributed by atoms with van der Waals surface area (Å²) >= 11 is 0. The van der Waals surface area contributed by atoms with E-state index in [1.54, 1.807) is 19.3 Å². The number of carbonyl (C=O) groups excluding carboxylic acids is 2. The summed E-state index contributed by atoms with van der Waals surface area (Å²) in [6, 6.07) is 11.6. The molecule has 0 atom stereocenters. The highest BCUT2D eigenvalue weighted by Crippen LogP contribution is 2.23. The van der Waals surface area contributed by atoms with Crippen LogP contribution in [0.15, 0.2) is 48.5 Å². The second-order valence-corrected chi connectivity index (χ2v) is 4.89. The van der Waals surface area contributed by atoms with Gasteiger partial charge in [0, 0.05) is 12.6 Å². The third-order valence-electron chi connectivity index (χ3n) is 3.10. The fraction of sp³-hybridized carbons (Fsp3) is 0.111. The molecule has 23 heavy (non-hydrogen) atoms. The highest BCUT2D eigenvalue weighted by Gasteiger charge is 2.10. The number of aromatic hydroxyl groups is 1. The van der Waals surface area contributed by atoms with Crippen LogP contribution in [0.25, 0.3) is 6.08 Å². The van der Waals surface area contributed by atoms with E-state index in [4.69, 9.17) is 4.74 Å². The molecule has 0 aliphatic carbocycles. The summed E-state index contributed by atoms with van der Waals surface area (Å²) in [7, 11) is 1.57. The monoisotopic (exact) mass is 311 g/mol. The zero-order valence-electron chi connectivity index (χ0n) is 12.9. The van der Waals surface area contributed by atoms with Crippen molar-refractivity contribution in [2.75, 3.05) is 12.4 Å². The maximum Gasteiger partial charge on any atom is 0.221 e. The molecule has 0 bridgehead atoms. The van der Waals surface area contributed by atoms with Gasteiger partial charge >= 0.3 is 0 Å². The van der Waals surface area contributed by atoms with Crippen molar-refractivity contribution < 1.29 is 19.4 Å². The van der Waals surface area contributed by atoms with E-state index in [-0.39, 0.29) is 23.0 Å². The van der Waals surface area contributed by atoms with Crippen LogP contribution in [-0.2, 0) is 4.79 Å². The van der Waals surface area contributed by atoms with Crippen molar-refractivity contribution in [3.8, 4) is 11.5 Å². The Labute approximate surface area is 134 Å². The first-order chi connectivity index (χ1) is 11.0. The summed E-state index contributed by atoms with van der Waals surface area (Å²) in [5, 5.41) is 12.4. The predicted octanol–water partition coefficient (Wildman–Crippen LogP) is 3.26. The van der Waals surface area contributed by atoms with E-state index >= 15 is 0 Å². The minimum atomic E-state index is -0.363. The minimum Gasteiger partial charge on any atom is -0.507 e. The lowest BCUT2D eigenvalue weighted by atomic mass is 10.1. The number of methoxy groups -OCH3 is 1. The number of phenolic OH excluding ortho intramolecular Hbond substituents is 1. The van der Waals surface area contributed by atoms with Crippen LogP contribution in [0.3, 0.4) is 0 Å². The van der Waals surface area contributed by atoms with E-state index in [1.165, 1.54) is 31.2 Å². The molecule has 0 aliphatic rings. The van der Waals surface area contributed by atoms with Gasteiger partial charge in [-0.3, -0.25) is 9.59 Å². The molecule has 2 aromatic rings. The molecule has 118 valence electrons. The maximum absolute atomic E-state index is 12.2. The molecular weight excluding hydrogens is 294 g/mol. The topological polar surface area (TPSA) is 75.6 Å². The summed E-state index contributed by atoms with van der Waals surface area (Å²) in [5.41, 5.74) is 1.37. The van der Waals surface area contributed by atoms with E-state index in [0.29, 0.717) is 11.4 Å². The fourth-order valence-electron chi connectivity index (χ4n) is 2.02. The number of ether oxygens (including phenoxy) is 1. The van der Waals surface area contributed by atoms with Gasteiger partial charge in [0.1, 0.15) is 11.5 Å². The Morgan fingerprint density at radius 2 is 1.96 bits per heavy atom. The number of nitrogens with one attached hydrogen (secondary N) is 1. The lowest BCUT2D eigenvalue weighted by molar-refractivity contribution is -0.114. The zero-order valence-corrected chi connectivity index (χ0v) is 12.9. The van der Waals surface area contributed by atoms with E-state index in [0.717, 1.165) is 5.56 Å². The van der Waals surface area contributed by atoms with Gasteiger partial charge in [-0.1, -0.05) is 18.2 Å². The number of amides is 1. The molecule has 5 heteroatoms. The van der Waals surface area contributed by atoms with Crippen molar-refractivity contribution in [1.29, 1.82) is 0 Å². The molecule has 5 nitrogen and oxygen atoms in total. The molecule has 0 radical (unpaired) electrons. The summed E-state index contributed by atoms with van der Waals surface area (Å²) in [6.45, 7) is 1.37. The highest BCUT2D eigenvalue weighted by molar-refractivity contribution is 6.09. The van der Waals surface area contributed by atoms with Crippen LogP contribution in [0.2, 0.25) is 0 Å². The maximum atomic E-state index is 12.2. The van der Waals surface area contributed by atoms with E-state index in [1.807, 2.05) is 18.2 Å². The molecule has 0 unspecified atom stereocenters. The van der Waals surface area contributed by atoms with Gasteiger partial charge in [-0.2, -0.15) is 0 Å². The SMILES string of the molecule is COc1cccc(/C=C/C(=O)c2cc(NC(C)=O)ccc2O)c1. The van der Waals surface area contributed by atoms with Crippen molar-refractivity contribution in [3.05, 3.63) is 59.7 Å². The van der Waals surface area contributed by atoms with Gasteiger partial charge in [0.15, 0.2) is 5.78 Å². The van der Waals surface area contributed by atoms with Crippen molar-refractivity contribution in [1.82, 2.24) is 0 Å². The molecule has 0 aliphatic heterocycles. The number of hydrogen-bond donors (Lipinski definition) is 2. The first-order valence-corrected chi connectivity index (χ1v) is 6.96. The lowest BCUT2D eigenvalue weighted by Crippen LogP contribution is -2.06. The van der Waals surface area contributed by atoms with Gasteiger partial charge in [-0.15, -0.1) is 0 Å². The second kappa shape index (κ2) is 7.26. The van der Waals surface area contributed by atoms with E-state index in [2.05, 4.69) is 5.32 Å². The van der Waals surface area contributed by atoms with Gasteiger partial charge in [0.2, 0.25) is 5.91 Å². The lowest BCUT2D eigenvalue weighted by Gasteiger charge is -2.06. The minimum absolute atomic E-state index is 0.121. The Hall–Kier alpha value is -3.08. The Morgan fingerprint density at radius 3 is 2.65 bits per heavy atom. The van der Waals surface area contributed by atoms with Crippen LogP contribution in [0, 0.1) is 0 Å². The molecule has 2 rings (SSSR count). The number of hydrogen-bond acceptors (Lipinski definition) is 4. The molecule has 2 aromatic carbocycles. The molecule has 0 saturated heterocycles. The number of benzene rings is 2. The number of phenols is 1. The quantitative estimate of drug-likeness (QED) is 0.505. The number of anilines is 1. The smallest absolute Gasteiger partial charge is 0.221 e. The van der Waals surface area contributed by atoms with Gasteiger partial charge in [-0.05, 0) is 42.0 Å². The molecule has 0 saturated carbocycles. The molecule has 2 N–H and O–H groups in total. The third-order valence-corrected chi connectivity index (χ3v) is 3.10. The van der Waals surface area contributed by atoms with Crippen LogP contribution < -0.4 is 10.1 Å². The Balaban J connectivity index is 2.22. The summed E-state index contributed by atoms with van der Waals surface area (Å²) in [5.74, 6) is -0.0620. The van der Waals surface area contributed by atoms with Crippen LogP contribution in [-0.4, -0.2) is 23.9 Å². The number of ketones is 1. The van der Waals surface area contributed by atoms with E-state index < -0.39 is 0 Å². The first kappa shape index (κ1) is 16.3. The second-order valence-electron chi connectivity index (χ2n) is 4.89. The largest absolute Gasteiger partial charge is 0.507 e. The molecule has 1 amide bonds. The van der Waals surface area contributed by atoms with Crippen molar-refractivity contribution >= 4 is 23.5 Å². The fourth-order valence-corrected chi connectivity index (χ4v) is 2.02. The van der Waals surface area contributed by atoms with Gasteiger partial charge in [0.25, 0.3) is 0 Å². The first-order valence-electron chi connectivity index (χ1n) is 6.96. The number of rotatable bonds is 5. The molecular formula is C18H17NO4.